The van der Waals surface area contributed by atoms with E-state index in [4.69, 9.17) is 4.74 Å². The smallest absolute Gasteiger partial charge is 0.221 e. The Bertz CT molecular complexity index is 782. The van der Waals surface area contributed by atoms with Crippen molar-refractivity contribution in [1.82, 2.24) is 14.9 Å². The number of imidazole rings is 1. The molecule has 1 amide bonds. The lowest BCUT2D eigenvalue weighted by atomic mass is 9.90. The average Bonchev–Trinajstić information content (AvgIpc) is 3.07. The number of hydrogen-bond donors (Lipinski definition) is 1. The lowest BCUT2D eigenvalue weighted by Gasteiger charge is -2.26. The molecule has 0 saturated heterocycles. The van der Waals surface area contributed by atoms with Crippen LogP contribution in [0.1, 0.15) is 56.6 Å². The quantitative estimate of drug-likeness (QED) is 0.808. The van der Waals surface area contributed by atoms with Crippen LogP contribution in [0.3, 0.4) is 0 Å². The molecule has 2 aromatic rings. The van der Waals surface area contributed by atoms with E-state index in [1.165, 1.54) is 0 Å². The van der Waals surface area contributed by atoms with Crippen LogP contribution in [0.15, 0.2) is 30.5 Å². The van der Waals surface area contributed by atoms with Crippen molar-refractivity contribution in [2.45, 2.75) is 52.5 Å². The Morgan fingerprint density at radius 1 is 1.37 bits per heavy atom. The number of rotatable bonds is 7. The fraction of sp³-hybridized carbons (Fsp3) is 0.545. The fourth-order valence-electron chi connectivity index (χ4n) is 3.80. The first-order valence-corrected chi connectivity index (χ1v) is 9.93. The first kappa shape index (κ1) is 19.5. The lowest BCUT2D eigenvalue weighted by molar-refractivity contribution is -0.121. The van der Waals surface area contributed by atoms with Gasteiger partial charge in [-0.05, 0) is 24.3 Å². The van der Waals surface area contributed by atoms with Gasteiger partial charge in [0.25, 0.3) is 0 Å². The van der Waals surface area contributed by atoms with E-state index >= 15 is 0 Å². The molecule has 3 rings (SSSR count). The summed E-state index contributed by atoms with van der Waals surface area (Å²) in [6, 6.07) is 7.99. The molecule has 0 aliphatic carbocycles. The Morgan fingerprint density at radius 2 is 2.15 bits per heavy atom. The number of carbonyl (C=O) groups is 1. The van der Waals surface area contributed by atoms with Gasteiger partial charge in [0.15, 0.2) is 0 Å². The highest BCUT2D eigenvalue weighted by Gasteiger charge is 2.28. The number of amides is 1. The summed E-state index contributed by atoms with van der Waals surface area (Å²) in [6.45, 7) is 8.14. The number of hydrogen-bond acceptors (Lipinski definition) is 3. The van der Waals surface area contributed by atoms with Crippen LogP contribution in [0.2, 0.25) is 0 Å². The van der Waals surface area contributed by atoms with Gasteiger partial charge in [-0.2, -0.15) is 0 Å². The van der Waals surface area contributed by atoms with Gasteiger partial charge in [-0.15, -0.1) is 0 Å². The highest BCUT2D eigenvalue weighted by Crippen LogP contribution is 2.36. The molecular formula is C22H31N3O2. The molecule has 5 nitrogen and oxygen atoms in total. The molecule has 1 aliphatic rings. The van der Waals surface area contributed by atoms with E-state index in [-0.39, 0.29) is 11.8 Å². The Kier molecular flexibility index (Phi) is 6.19. The minimum atomic E-state index is -0.0667. The van der Waals surface area contributed by atoms with Crippen LogP contribution in [0.4, 0.5) is 0 Å². The van der Waals surface area contributed by atoms with Crippen molar-refractivity contribution in [1.29, 1.82) is 0 Å². The van der Waals surface area contributed by atoms with Crippen LogP contribution < -0.4 is 10.1 Å². The van der Waals surface area contributed by atoms with Gasteiger partial charge in [0.1, 0.15) is 11.6 Å². The van der Waals surface area contributed by atoms with Crippen molar-refractivity contribution in [2.24, 2.45) is 11.8 Å². The molecule has 2 heterocycles. The van der Waals surface area contributed by atoms with E-state index in [2.05, 4.69) is 41.7 Å². The maximum absolute atomic E-state index is 12.7. The Balaban J connectivity index is 1.94. The molecule has 0 saturated carbocycles. The van der Waals surface area contributed by atoms with Crippen LogP contribution in [-0.2, 0) is 17.8 Å². The molecule has 1 aliphatic heterocycles. The van der Waals surface area contributed by atoms with E-state index in [0.29, 0.717) is 24.8 Å². The van der Waals surface area contributed by atoms with Gasteiger partial charge >= 0.3 is 0 Å². The van der Waals surface area contributed by atoms with Gasteiger partial charge in [0.2, 0.25) is 5.91 Å². The van der Waals surface area contributed by atoms with Crippen LogP contribution in [0.25, 0.3) is 0 Å². The van der Waals surface area contributed by atoms with E-state index in [1.54, 1.807) is 7.11 Å². The molecule has 1 aromatic heterocycles. The maximum Gasteiger partial charge on any atom is 0.221 e. The third-order valence-electron chi connectivity index (χ3n) is 5.31. The Morgan fingerprint density at radius 3 is 2.89 bits per heavy atom. The van der Waals surface area contributed by atoms with Crippen LogP contribution >= 0.6 is 0 Å². The summed E-state index contributed by atoms with van der Waals surface area (Å²) in [4.78, 5) is 17.3. The largest absolute Gasteiger partial charge is 0.496 e. The summed E-state index contributed by atoms with van der Waals surface area (Å²) in [5.41, 5.74) is 2.15. The molecule has 5 heteroatoms. The first-order chi connectivity index (χ1) is 13.0. The number of benzene rings is 1. The number of para-hydroxylation sites is 1. The standard InChI is InChI=1S/C22H31N3O2/c1-15(2)13-24-22(26)12-18(17-7-5-6-8-20(17)27-4)19-14-23-21-11-16(3)9-10-25(19)21/h5-8,14-16,18H,9-13H2,1-4H3,(H,24,26). The number of nitrogens with zero attached hydrogens (tertiary/aromatic N) is 2. The second-order valence-electron chi connectivity index (χ2n) is 8.05. The van der Waals surface area contributed by atoms with E-state index in [1.807, 2.05) is 24.4 Å². The predicted molar refractivity (Wildman–Crippen MR) is 107 cm³/mol. The van der Waals surface area contributed by atoms with Gasteiger partial charge < -0.3 is 14.6 Å². The second-order valence-corrected chi connectivity index (χ2v) is 8.05. The van der Waals surface area contributed by atoms with Crippen molar-refractivity contribution in [3.63, 3.8) is 0 Å². The van der Waals surface area contributed by atoms with Gasteiger partial charge in [-0.25, -0.2) is 4.98 Å². The lowest BCUT2D eigenvalue weighted by Crippen LogP contribution is -2.29. The van der Waals surface area contributed by atoms with E-state index in [9.17, 15) is 4.79 Å². The highest BCUT2D eigenvalue weighted by molar-refractivity contribution is 5.77. The second kappa shape index (κ2) is 8.59. The molecule has 0 radical (unpaired) electrons. The van der Waals surface area contributed by atoms with Crippen molar-refractivity contribution >= 4 is 5.91 Å². The molecule has 0 fully saturated rings. The number of fused-ring (bicyclic) bond motifs is 1. The van der Waals surface area contributed by atoms with Gasteiger partial charge in [-0.3, -0.25) is 4.79 Å². The number of aromatic nitrogens is 2. The van der Waals surface area contributed by atoms with Gasteiger partial charge in [0, 0.05) is 49.3 Å². The SMILES string of the molecule is COc1ccccc1C(CC(=O)NCC(C)C)c1cnc2n1CCC(C)C2. The molecule has 1 N–H and O–H groups in total. The van der Waals surface area contributed by atoms with E-state index < -0.39 is 0 Å². The third-order valence-corrected chi connectivity index (χ3v) is 5.31. The topological polar surface area (TPSA) is 56.1 Å². The molecule has 0 spiro atoms. The summed E-state index contributed by atoms with van der Waals surface area (Å²) in [7, 11) is 1.68. The van der Waals surface area contributed by atoms with Gasteiger partial charge in [-0.1, -0.05) is 39.0 Å². The third kappa shape index (κ3) is 4.52. The van der Waals surface area contributed by atoms with Crippen LogP contribution in [-0.4, -0.2) is 29.1 Å². The average molecular weight is 370 g/mol. The summed E-state index contributed by atoms with van der Waals surface area (Å²) in [6.07, 6.45) is 4.50. The summed E-state index contributed by atoms with van der Waals surface area (Å²) < 4.78 is 7.92. The zero-order chi connectivity index (χ0) is 19.4. The minimum Gasteiger partial charge on any atom is -0.496 e. The minimum absolute atomic E-state index is 0.0667. The molecule has 27 heavy (non-hydrogen) atoms. The Labute approximate surface area is 162 Å². The monoisotopic (exact) mass is 369 g/mol. The molecule has 1 aromatic carbocycles. The van der Waals surface area contributed by atoms with Crippen molar-refractivity contribution in [3.05, 3.63) is 47.5 Å². The van der Waals surface area contributed by atoms with Crippen LogP contribution in [0.5, 0.6) is 5.75 Å². The predicted octanol–water partition coefficient (Wildman–Crippen LogP) is 3.77. The summed E-state index contributed by atoms with van der Waals surface area (Å²) >= 11 is 0. The van der Waals surface area contributed by atoms with E-state index in [0.717, 1.165) is 42.2 Å². The van der Waals surface area contributed by atoms with Gasteiger partial charge in [0.05, 0.1) is 7.11 Å². The molecule has 146 valence electrons. The molecule has 0 bridgehead atoms. The molecule has 2 unspecified atom stereocenters. The zero-order valence-electron chi connectivity index (χ0n) is 16.9. The normalized spacial score (nSPS) is 17.4. The molecular weight excluding hydrogens is 338 g/mol. The first-order valence-electron chi connectivity index (χ1n) is 9.93. The van der Waals surface area contributed by atoms with Crippen molar-refractivity contribution in [2.75, 3.05) is 13.7 Å². The number of nitrogens with one attached hydrogen (secondary N) is 1. The number of ether oxygens (including phenoxy) is 1. The highest BCUT2D eigenvalue weighted by atomic mass is 16.5. The molecule has 2 atom stereocenters. The summed E-state index contributed by atoms with van der Waals surface area (Å²) in [5.74, 6) is 3.04. The maximum atomic E-state index is 12.7. The fourth-order valence-corrected chi connectivity index (χ4v) is 3.80. The van der Waals surface area contributed by atoms with Crippen LogP contribution in [0, 0.1) is 11.8 Å². The summed E-state index contributed by atoms with van der Waals surface area (Å²) in [5, 5.41) is 3.06. The Hall–Kier alpha value is -2.30. The number of methoxy groups -OCH3 is 1. The van der Waals surface area contributed by atoms with Crippen molar-refractivity contribution < 1.29 is 9.53 Å². The number of carbonyl (C=O) groups excluding carboxylic acids is 1. The zero-order valence-corrected chi connectivity index (χ0v) is 16.9. The van der Waals surface area contributed by atoms with Crippen molar-refractivity contribution in [3.8, 4) is 5.75 Å².